The van der Waals surface area contributed by atoms with Crippen LogP contribution >= 0.6 is 0 Å². The first kappa shape index (κ1) is 12.6. The zero-order chi connectivity index (χ0) is 12.3. The van der Waals surface area contributed by atoms with Crippen molar-refractivity contribution >= 4 is 11.4 Å². The van der Waals surface area contributed by atoms with Crippen molar-refractivity contribution in [3.63, 3.8) is 0 Å². The fourth-order valence-electron chi connectivity index (χ4n) is 1.29. The fourth-order valence-corrected chi connectivity index (χ4v) is 1.29. The summed E-state index contributed by atoms with van der Waals surface area (Å²) in [7, 11) is 1.51. The van der Waals surface area contributed by atoms with E-state index >= 15 is 0 Å². The van der Waals surface area contributed by atoms with Gasteiger partial charge in [-0.1, -0.05) is 6.92 Å². The molecule has 16 heavy (non-hydrogen) atoms. The number of nitrogens with one attached hydrogen (secondary N) is 1. The van der Waals surface area contributed by atoms with Gasteiger partial charge in [0.2, 0.25) is 0 Å². The summed E-state index contributed by atoms with van der Waals surface area (Å²) in [6, 6.07) is 2.86. The van der Waals surface area contributed by atoms with Crippen molar-refractivity contribution in [1.82, 2.24) is 0 Å². The number of nitrogens with two attached hydrogens (primary N) is 1. The third-order valence-electron chi connectivity index (χ3n) is 2.68. The van der Waals surface area contributed by atoms with E-state index in [0.29, 0.717) is 17.1 Å². The first-order chi connectivity index (χ1) is 7.39. The highest BCUT2D eigenvalue weighted by Gasteiger charge is 2.17. The van der Waals surface area contributed by atoms with Crippen LogP contribution in [0.1, 0.15) is 27.2 Å². The van der Waals surface area contributed by atoms with Crippen LogP contribution in [0.15, 0.2) is 12.1 Å². The van der Waals surface area contributed by atoms with Gasteiger partial charge in [-0.3, -0.25) is 0 Å². The van der Waals surface area contributed by atoms with E-state index in [2.05, 4.69) is 5.32 Å². The van der Waals surface area contributed by atoms with E-state index in [4.69, 9.17) is 10.5 Å². The number of hydrogen-bond acceptors (Lipinski definition) is 3. The van der Waals surface area contributed by atoms with Gasteiger partial charge in [-0.05, 0) is 20.3 Å². The van der Waals surface area contributed by atoms with Gasteiger partial charge in [-0.15, -0.1) is 0 Å². The Balaban J connectivity index is 3.05. The van der Waals surface area contributed by atoms with Gasteiger partial charge in [0.1, 0.15) is 11.6 Å². The largest absolute Gasteiger partial charge is 0.495 e. The number of hydrogen-bond donors (Lipinski definition) is 2. The minimum Gasteiger partial charge on any atom is -0.495 e. The molecule has 0 aliphatic heterocycles. The molecule has 4 heteroatoms. The Morgan fingerprint density at radius 3 is 2.56 bits per heavy atom. The van der Waals surface area contributed by atoms with Crippen molar-refractivity contribution < 1.29 is 9.13 Å². The van der Waals surface area contributed by atoms with Gasteiger partial charge in [0, 0.05) is 17.7 Å². The zero-order valence-corrected chi connectivity index (χ0v) is 10.2. The van der Waals surface area contributed by atoms with E-state index < -0.39 is 0 Å². The second-order valence-electron chi connectivity index (χ2n) is 4.44. The van der Waals surface area contributed by atoms with Crippen molar-refractivity contribution in [2.45, 2.75) is 32.7 Å². The highest BCUT2D eigenvalue weighted by Crippen LogP contribution is 2.30. The van der Waals surface area contributed by atoms with Crippen LogP contribution in [0.25, 0.3) is 0 Å². The summed E-state index contributed by atoms with van der Waals surface area (Å²) < 4.78 is 18.7. The van der Waals surface area contributed by atoms with Gasteiger partial charge >= 0.3 is 0 Å². The van der Waals surface area contributed by atoms with Crippen molar-refractivity contribution in [3.05, 3.63) is 17.9 Å². The summed E-state index contributed by atoms with van der Waals surface area (Å²) in [6.07, 6.45) is 0.888. The molecular weight excluding hydrogens is 207 g/mol. The molecule has 0 atom stereocenters. The molecule has 0 aliphatic rings. The highest BCUT2D eigenvalue weighted by molar-refractivity contribution is 5.62. The van der Waals surface area contributed by atoms with E-state index in [1.807, 2.05) is 20.8 Å². The first-order valence-electron chi connectivity index (χ1n) is 5.31. The van der Waals surface area contributed by atoms with Gasteiger partial charge in [0.25, 0.3) is 0 Å². The van der Waals surface area contributed by atoms with Gasteiger partial charge < -0.3 is 15.8 Å². The fraction of sp³-hybridized carbons (Fsp3) is 0.500. The molecule has 0 heterocycles. The van der Waals surface area contributed by atoms with Gasteiger partial charge in [-0.25, -0.2) is 4.39 Å². The summed E-state index contributed by atoms with van der Waals surface area (Å²) in [5.41, 5.74) is 6.16. The van der Waals surface area contributed by atoms with Gasteiger partial charge in [0.15, 0.2) is 0 Å². The number of benzene rings is 1. The molecule has 1 aromatic carbocycles. The van der Waals surface area contributed by atoms with E-state index in [1.54, 1.807) is 6.07 Å². The number of nitrogen functional groups attached to an aromatic ring is 1. The lowest BCUT2D eigenvalue weighted by Gasteiger charge is -2.26. The van der Waals surface area contributed by atoms with Gasteiger partial charge in [0.05, 0.1) is 18.5 Å². The minimum atomic E-state index is -0.361. The standard InChI is InChI=1S/C12H19FN2O/c1-5-12(2,3)15-10-7-11(16-4)9(14)6-8(10)13/h6-7,15H,5,14H2,1-4H3. The summed E-state index contributed by atoms with van der Waals surface area (Å²) in [5, 5.41) is 3.13. The first-order valence-corrected chi connectivity index (χ1v) is 5.31. The highest BCUT2D eigenvalue weighted by atomic mass is 19.1. The molecule has 0 aliphatic carbocycles. The molecular formula is C12H19FN2O. The molecule has 3 nitrogen and oxygen atoms in total. The van der Waals surface area contributed by atoms with E-state index in [0.717, 1.165) is 6.42 Å². The predicted octanol–water partition coefficient (Wildman–Crippen LogP) is 3.02. The van der Waals surface area contributed by atoms with Crippen molar-refractivity contribution in [2.24, 2.45) is 0 Å². The molecule has 0 amide bonds. The van der Waals surface area contributed by atoms with E-state index in [-0.39, 0.29) is 11.4 Å². The number of methoxy groups -OCH3 is 1. The monoisotopic (exact) mass is 226 g/mol. The van der Waals surface area contributed by atoms with Crippen LogP contribution in [-0.2, 0) is 0 Å². The average molecular weight is 226 g/mol. The molecule has 0 saturated carbocycles. The van der Waals surface area contributed by atoms with Crippen LogP contribution in [-0.4, -0.2) is 12.6 Å². The van der Waals surface area contributed by atoms with Crippen LogP contribution in [0.2, 0.25) is 0 Å². The Bertz CT molecular complexity index is 378. The smallest absolute Gasteiger partial charge is 0.148 e. The Morgan fingerprint density at radius 2 is 2.06 bits per heavy atom. The minimum absolute atomic E-state index is 0.165. The maximum Gasteiger partial charge on any atom is 0.148 e. The van der Waals surface area contributed by atoms with Crippen LogP contribution in [0.4, 0.5) is 15.8 Å². The number of halogens is 1. The molecule has 0 bridgehead atoms. The lowest BCUT2D eigenvalue weighted by Crippen LogP contribution is -2.30. The normalized spacial score (nSPS) is 11.3. The Kier molecular flexibility index (Phi) is 3.62. The third kappa shape index (κ3) is 2.78. The van der Waals surface area contributed by atoms with Crippen LogP contribution in [0.5, 0.6) is 5.75 Å². The molecule has 0 aromatic heterocycles. The molecule has 0 unspecified atom stereocenters. The maximum atomic E-state index is 13.6. The SMILES string of the molecule is CCC(C)(C)Nc1cc(OC)c(N)cc1F. The van der Waals surface area contributed by atoms with Crippen molar-refractivity contribution in [1.29, 1.82) is 0 Å². The predicted molar refractivity (Wildman–Crippen MR) is 65.4 cm³/mol. The molecule has 0 radical (unpaired) electrons. The molecule has 3 N–H and O–H groups in total. The van der Waals surface area contributed by atoms with Crippen LogP contribution in [0.3, 0.4) is 0 Å². The number of rotatable bonds is 4. The molecule has 1 aromatic rings. The second-order valence-corrected chi connectivity index (χ2v) is 4.44. The lowest BCUT2D eigenvalue weighted by atomic mass is 10.0. The number of ether oxygens (including phenoxy) is 1. The second kappa shape index (κ2) is 4.60. The average Bonchev–Trinajstić information content (AvgIpc) is 2.22. The van der Waals surface area contributed by atoms with Crippen molar-refractivity contribution in [3.8, 4) is 5.75 Å². The Morgan fingerprint density at radius 1 is 1.44 bits per heavy atom. The van der Waals surface area contributed by atoms with E-state index in [9.17, 15) is 4.39 Å². The maximum absolute atomic E-state index is 13.6. The summed E-state index contributed by atoms with van der Waals surface area (Å²) >= 11 is 0. The number of anilines is 2. The summed E-state index contributed by atoms with van der Waals surface area (Å²) in [6.45, 7) is 6.06. The summed E-state index contributed by atoms with van der Waals surface area (Å²) in [5.74, 6) is 0.121. The van der Waals surface area contributed by atoms with E-state index in [1.165, 1.54) is 13.2 Å². The summed E-state index contributed by atoms with van der Waals surface area (Å²) in [4.78, 5) is 0. The topological polar surface area (TPSA) is 47.3 Å². The van der Waals surface area contributed by atoms with Crippen LogP contribution < -0.4 is 15.8 Å². The molecule has 0 fully saturated rings. The zero-order valence-electron chi connectivity index (χ0n) is 10.2. The van der Waals surface area contributed by atoms with Gasteiger partial charge in [-0.2, -0.15) is 0 Å². The third-order valence-corrected chi connectivity index (χ3v) is 2.68. The van der Waals surface area contributed by atoms with Crippen molar-refractivity contribution in [2.75, 3.05) is 18.2 Å². The Labute approximate surface area is 95.8 Å². The molecule has 0 spiro atoms. The lowest BCUT2D eigenvalue weighted by molar-refractivity contribution is 0.416. The quantitative estimate of drug-likeness (QED) is 0.776. The molecule has 90 valence electrons. The Hall–Kier alpha value is -1.45. The van der Waals surface area contributed by atoms with Crippen LogP contribution in [0, 0.1) is 5.82 Å². The molecule has 0 saturated heterocycles. The molecule has 1 rings (SSSR count).